The Hall–Kier alpha value is -6.68. The van der Waals surface area contributed by atoms with E-state index in [1.807, 2.05) is 129 Å². The third-order valence-corrected chi connectivity index (χ3v) is 9.88. The Morgan fingerprint density at radius 2 is 0.697 bits per heavy atom. The summed E-state index contributed by atoms with van der Waals surface area (Å²) in [6.07, 6.45) is -0.937. The minimum absolute atomic E-state index is 0.0688. The lowest BCUT2D eigenvalue weighted by atomic mass is 10.1. The van der Waals surface area contributed by atoms with Gasteiger partial charge in [-0.2, -0.15) is 0 Å². The van der Waals surface area contributed by atoms with Gasteiger partial charge in [0, 0.05) is 38.8 Å². The first-order valence-corrected chi connectivity index (χ1v) is 21.7. The summed E-state index contributed by atoms with van der Waals surface area (Å²) in [6.45, 7) is 3.60. The Balaban J connectivity index is 1.03. The molecule has 0 bridgehead atoms. The highest BCUT2D eigenvalue weighted by Gasteiger charge is 2.19. The lowest BCUT2D eigenvalue weighted by molar-refractivity contribution is 0.0420. The zero-order chi connectivity index (χ0) is 46.9. The van der Waals surface area contributed by atoms with Crippen LogP contribution in [0, 0.1) is 0 Å². The van der Waals surface area contributed by atoms with E-state index in [1.165, 1.54) is 0 Å². The minimum atomic E-state index is -0.469. The molecule has 0 heterocycles. The average Bonchev–Trinajstić information content (AvgIpc) is 3.32. The van der Waals surface area contributed by atoms with Gasteiger partial charge in [-0.25, -0.2) is 9.59 Å². The van der Waals surface area contributed by atoms with Gasteiger partial charge >= 0.3 is 12.2 Å². The molecule has 0 saturated heterocycles. The van der Waals surface area contributed by atoms with Crippen molar-refractivity contribution in [2.24, 2.45) is 0 Å². The zero-order valence-corrected chi connectivity index (χ0v) is 38.9. The van der Waals surface area contributed by atoms with E-state index in [9.17, 15) is 9.59 Å². The molecule has 2 amide bonds. The Morgan fingerprint density at radius 1 is 0.379 bits per heavy atom. The highest BCUT2D eigenvalue weighted by molar-refractivity contribution is 5.68. The Kier molecular flexibility index (Phi) is 21.0. The molecule has 15 nitrogen and oxygen atoms in total. The Bertz CT molecular complexity index is 1990. The van der Waals surface area contributed by atoms with Gasteiger partial charge in [-0.15, -0.1) is 0 Å². The lowest BCUT2D eigenvalue weighted by Gasteiger charge is -2.23. The predicted octanol–water partition coefficient (Wildman–Crippen LogP) is 8.25. The SMILES string of the molecule is COc1cccc(CN(Cc2cccc(OC)c2)C(=O)OCCOCCOc2cc(CN(C)C)cc(OCCOCCOC(=O)N(Cc3cccc(OC)c3)Cc3cccc(OC)c3)c2)c1. The zero-order valence-electron chi connectivity index (χ0n) is 38.9. The van der Waals surface area contributed by atoms with Crippen molar-refractivity contribution in [3.8, 4) is 34.5 Å². The number of hydrogen-bond donors (Lipinski definition) is 0. The predicted molar refractivity (Wildman–Crippen MR) is 250 cm³/mol. The van der Waals surface area contributed by atoms with Crippen LogP contribution in [0.5, 0.6) is 34.5 Å². The summed E-state index contributed by atoms with van der Waals surface area (Å²) in [5.41, 5.74) is 4.62. The molecule has 0 aromatic heterocycles. The van der Waals surface area contributed by atoms with Crippen LogP contribution in [0.4, 0.5) is 9.59 Å². The van der Waals surface area contributed by atoms with Crippen molar-refractivity contribution < 1.29 is 57.0 Å². The third kappa shape index (κ3) is 17.7. The molecular formula is C51H63N3O12. The van der Waals surface area contributed by atoms with Gasteiger partial charge in [-0.1, -0.05) is 48.5 Å². The van der Waals surface area contributed by atoms with Gasteiger partial charge in [0.15, 0.2) is 0 Å². The molecule has 0 aliphatic rings. The van der Waals surface area contributed by atoms with Crippen LogP contribution >= 0.6 is 0 Å². The van der Waals surface area contributed by atoms with Gasteiger partial charge in [-0.3, -0.25) is 9.80 Å². The lowest BCUT2D eigenvalue weighted by Crippen LogP contribution is -2.31. The summed E-state index contributed by atoms with van der Waals surface area (Å²) >= 11 is 0. The third-order valence-electron chi connectivity index (χ3n) is 9.88. The second-order valence-electron chi connectivity index (χ2n) is 15.3. The second-order valence-corrected chi connectivity index (χ2v) is 15.3. The fourth-order valence-electron chi connectivity index (χ4n) is 6.79. The first kappa shape index (κ1) is 50.3. The number of carbonyl (C=O) groups is 2. The molecule has 15 heteroatoms. The number of rotatable bonds is 28. The molecule has 0 fully saturated rings. The topological polar surface area (TPSA) is 136 Å². The van der Waals surface area contributed by atoms with Crippen molar-refractivity contribution in [2.75, 3.05) is 95.4 Å². The average molecular weight is 910 g/mol. The van der Waals surface area contributed by atoms with Crippen LogP contribution in [0.25, 0.3) is 0 Å². The molecule has 354 valence electrons. The van der Waals surface area contributed by atoms with Gasteiger partial charge in [0.1, 0.15) is 60.9 Å². The molecule has 0 unspecified atom stereocenters. The second kappa shape index (κ2) is 27.6. The molecule has 5 aromatic rings. The van der Waals surface area contributed by atoms with Crippen molar-refractivity contribution in [2.45, 2.75) is 32.7 Å². The molecule has 5 rings (SSSR count). The van der Waals surface area contributed by atoms with Crippen LogP contribution in [0.3, 0.4) is 0 Å². The summed E-state index contributed by atoms with van der Waals surface area (Å²) in [5, 5.41) is 0. The first-order chi connectivity index (χ1) is 32.1. The van der Waals surface area contributed by atoms with Crippen molar-refractivity contribution >= 4 is 12.2 Å². The summed E-state index contributed by atoms with van der Waals surface area (Å²) in [4.78, 5) is 31.9. The maximum atomic E-state index is 13.3. The molecule has 0 saturated carbocycles. The number of hydrogen-bond acceptors (Lipinski definition) is 13. The number of nitrogens with zero attached hydrogens (tertiary/aromatic N) is 3. The summed E-state index contributed by atoms with van der Waals surface area (Å²) in [7, 11) is 10.4. The van der Waals surface area contributed by atoms with E-state index in [0.717, 1.165) is 27.8 Å². The van der Waals surface area contributed by atoms with Crippen LogP contribution in [0.1, 0.15) is 27.8 Å². The molecule has 0 aliphatic heterocycles. The van der Waals surface area contributed by atoms with Gasteiger partial charge in [0.25, 0.3) is 0 Å². The number of benzene rings is 5. The van der Waals surface area contributed by atoms with E-state index in [4.69, 9.17) is 47.4 Å². The smallest absolute Gasteiger partial charge is 0.410 e. The Labute approximate surface area is 388 Å². The minimum Gasteiger partial charge on any atom is -0.497 e. The monoisotopic (exact) mass is 909 g/mol. The number of carbonyl (C=O) groups excluding carboxylic acids is 2. The van der Waals surface area contributed by atoms with Crippen molar-refractivity contribution in [3.63, 3.8) is 0 Å². The van der Waals surface area contributed by atoms with Gasteiger partial charge in [0.2, 0.25) is 0 Å². The largest absolute Gasteiger partial charge is 0.497 e. The normalized spacial score (nSPS) is 10.8. The van der Waals surface area contributed by atoms with E-state index >= 15 is 0 Å². The van der Waals surface area contributed by atoms with Crippen LogP contribution in [-0.4, -0.2) is 122 Å². The molecule has 0 spiro atoms. The standard InChI is InChI=1S/C51H63N3O12/c1-52(2)34-43-31-48(63-23-19-61-21-25-65-50(55)53(35-39-11-7-15-44(27-39)57-3)36-40-12-8-16-45(28-40)58-4)33-49(32-43)64-24-20-62-22-26-66-51(56)54(37-41-13-9-17-46(29-41)59-5)38-42-14-10-18-47(30-42)60-6/h7-18,27-33H,19-26,34-38H2,1-6H3. The fourth-order valence-corrected chi connectivity index (χ4v) is 6.79. The number of amides is 2. The van der Waals surface area contributed by atoms with E-state index in [0.29, 0.717) is 67.2 Å². The van der Waals surface area contributed by atoms with Crippen LogP contribution < -0.4 is 28.4 Å². The van der Waals surface area contributed by atoms with Crippen LogP contribution in [0.15, 0.2) is 115 Å². The van der Waals surface area contributed by atoms with Crippen molar-refractivity contribution in [1.29, 1.82) is 0 Å². The van der Waals surface area contributed by atoms with Crippen molar-refractivity contribution in [1.82, 2.24) is 14.7 Å². The maximum absolute atomic E-state index is 13.3. The summed E-state index contributed by atoms with van der Waals surface area (Å²) in [5.74, 6) is 4.08. The first-order valence-electron chi connectivity index (χ1n) is 21.7. The summed E-state index contributed by atoms with van der Waals surface area (Å²) < 4.78 is 56.4. The molecule has 0 atom stereocenters. The molecule has 66 heavy (non-hydrogen) atoms. The molecule has 0 N–H and O–H groups in total. The highest BCUT2D eigenvalue weighted by atomic mass is 16.6. The Morgan fingerprint density at radius 3 is 1.02 bits per heavy atom. The number of ether oxygens (including phenoxy) is 10. The van der Waals surface area contributed by atoms with E-state index < -0.39 is 12.2 Å². The van der Waals surface area contributed by atoms with Crippen LogP contribution in [0.2, 0.25) is 0 Å². The maximum Gasteiger partial charge on any atom is 0.410 e. The molecule has 0 radical (unpaired) electrons. The highest BCUT2D eigenvalue weighted by Crippen LogP contribution is 2.25. The van der Waals surface area contributed by atoms with Crippen LogP contribution in [-0.2, 0) is 51.7 Å². The van der Waals surface area contributed by atoms with Gasteiger partial charge < -0.3 is 52.3 Å². The van der Waals surface area contributed by atoms with Crippen molar-refractivity contribution in [3.05, 3.63) is 143 Å². The molecule has 0 aliphatic carbocycles. The van der Waals surface area contributed by atoms with E-state index in [1.54, 1.807) is 38.2 Å². The van der Waals surface area contributed by atoms with E-state index in [2.05, 4.69) is 4.90 Å². The fraction of sp³-hybridized carbons (Fsp3) is 0.373. The molecular weight excluding hydrogens is 847 g/mol. The van der Waals surface area contributed by atoms with E-state index in [-0.39, 0.29) is 52.9 Å². The number of methoxy groups -OCH3 is 4. The molecule has 5 aromatic carbocycles. The van der Waals surface area contributed by atoms with Gasteiger partial charge in [0.05, 0.1) is 54.9 Å². The van der Waals surface area contributed by atoms with Gasteiger partial charge in [-0.05, 0) is 103 Å². The quantitative estimate of drug-likeness (QED) is 0.0446. The summed E-state index contributed by atoms with van der Waals surface area (Å²) in [6, 6.07) is 36.1.